The van der Waals surface area contributed by atoms with Crippen molar-refractivity contribution in [1.82, 2.24) is 15.6 Å². The van der Waals surface area contributed by atoms with Gasteiger partial charge in [0.25, 0.3) is 0 Å². The molecular formula is C13H17N3. The molecule has 3 N–H and O–H groups in total. The van der Waals surface area contributed by atoms with Crippen LogP contribution >= 0.6 is 0 Å². The molecule has 16 heavy (non-hydrogen) atoms. The zero-order valence-corrected chi connectivity index (χ0v) is 9.51. The molecule has 1 aliphatic rings. The molecule has 3 heteroatoms. The number of aromatic amines is 1. The number of piperazine rings is 1. The average Bonchev–Trinajstić information content (AvgIpc) is 2.74. The fourth-order valence-corrected chi connectivity index (χ4v) is 2.55. The average molecular weight is 215 g/mol. The van der Waals surface area contributed by atoms with Crippen molar-refractivity contribution in [3.05, 3.63) is 36.0 Å². The summed E-state index contributed by atoms with van der Waals surface area (Å²) in [5.74, 6) is 0. The predicted octanol–water partition coefficient (Wildman–Crippen LogP) is 1.58. The minimum Gasteiger partial charge on any atom is -0.361 e. The normalized spacial score (nSPS) is 26.1. The Labute approximate surface area is 95.2 Å². The summed E-state index contributed by atoms with van der Waals surface area (Å²) in [6.07, 6.45) is 2.13. The number of rotatable bonds is 1. The van der Waals surface area contributed by atoms with E-state index in [0.29, 0.717) is 0 Å². The molecule has 0 saturated carbocycles. The van der Waals surface area contributed by atoms with Crippen molar-refractivity contribution >= 4 is 10.9 Å². The summed E-state index contributed by atoms with van der Waals surface area (Å²) in [5.41, 5.74) is 2.61. The lowest BCUT2D eigenvalue weighted by molar-refractivity contribution is 0.305. The highest BCUT2D eigenvalue weighted by molar-refractivity contribution is 5.84. The zero-order chi connectivity index (χ0) is 11.0. The Morgan fingerprint density at radius 1 is 1.19 bits per heavy atom. The number of benzene rings is 1. The maximum Gasteiger partial charge on any atom is 0.0554 e. The summed E-state index contributed by atoms with van der Waals surface area (Å²) in [6, 6.07) is 8.47. The Morgan fingerprint density at radius 2 is 2.06 bits per heavy atom. The second-order valence-corrected chi connectivity index (χ2v) is 4.68. The second-order valence-electron chi connectivity index (χ2n) is 4.68. The van der Waals surface area contributed by atoms with Gasteiger partial charge in [-0.3, -0.25) is 0 Å². The van der Waals surface area contributed by atoms with Gasteiger partial charge in [0, 0.05) is 36.7 Å². The van der Waals surface area contributed by atoms with Crippen LogP contribution in [0.4, 0.5) is 0 Å². The van der Waals surface area contributed by atoms with Gasteiger partial charge < -0.3 is 15.6 Å². The Bertz CT molecular complexity index is 495. The Kier molecular flexibility index (Phi) is 2.23. The molecule has 3 rings (SSSR count). The molecule has 0 aliphatic carbocycles. The van der Waals surface area contributed by atoms with Crippen molar-refractivity contribution in [3.8, 4) is 0 Å². The van der Waals surface area contributed by atoms with Crippen molar-refractivity contribution in [2.75, 3.05) is 19.6 Å². The van der Waals surface area contributed by atoms with E-state index in [-0.39, 0.29) is 5.54 Å². The molecule has 0 radical (unpaired) electrons. The number of nitrogens with one attached hydrogen (secondary N) is 3. The number of H-pyrrole nitrogens is 1. The van der Waals surface area contributed by atoms with Crippen LogP contribution in [0.2, 0.25) is 0 Å². The first-order valence-electron chi connectivity index (χ1n) is 5.82. The number of hydrogen-bond acceptors (Lipinski definition) is 2. The third kappa shape index (κ3) is 1.44. The van der Waals surface area contributed by atoms with Crippen molar-refractivity contribution in [1.29, 1.82) is 0 Å². The Balaban J connectivity index is 2.11. The molecule has 1 fully saturated rings. The van der Waals surface area contributed by atoms with Gasteiger partial charge in [0.1, 0.15) is 0 Å². The summed E-state index contributed by atoms with van der Waals surface area (Å²) in [4.78, 5) is 3.34. The van der Waals surface area contributed by atoms with E-state index in [0.717, 1.165) is 19.6 Å². The maximum atomic E-state index is 3.61. The van der Waals surface area contributed by atoms with E-state index in [1.807, 2.05) is 0 Å². The highest BCUT2D eigenvalue weighted by Gasteiger charge is 2.30. The summed E-state index contributed by atoms with van der Waals surface area (Å²) in [6.45, 7) is 5.32. The van der Waals surface area contributed by atoms with Crippen LogP contribution in [-0.4, -0.2) is 24.6 Å². The van der Waals surface area contributed by atoms with E-state index in [1.165, 1.54) is 16.5 Å². The van der Waals surface area contributed by atoms with Gasteiger partial charge in [-0.05, 0) is 18.6 Å². The van der Waals surface area contributed by atoms with E-state index in [9.17, 15) is 0 Å². The lowest BCUT2D eigenvalue weighted by atomic mass is 9.90. The number of hydrogen-bond donors (Lipinski definition) is 3. The van der Waals surface area contributed by atoms with E-state index in [1.54, 1.807) is 0 Å². The monoisotopic (exact) mass is 215 g/mol. The highest BCUT2D eigenvalue weighted by Crippen LogP contribution is 2.28. The van der Waals surface area contributed by atoms with Gasteiger partial charge in [-0.2, -0.15) is 0 Å². The first kappa shape index (κ1) is 9.87. The van der Waals surface area contributed by atoms with Crippen molar-refractivity contribution in [2.24, 2.45) is 0 Å². The smallest absolute Gasteiger partial charge is 0.0554 e. The third-order valence-corrected chi connectivity index (χ3v) is 3.48. The molecule has 0 amide bonds. The van der Waals surface area contributed by atoms with Gasteiger partial charge in [0.15, 0.2) is 0 Å². The van der Waals surface area contributed by atoms with Crippen LogP contribution in [0.15, 0.2) is 30.5 Å². The van der Waals surface area contributed by atoms with Crippen LogP contribution in [-0.2, 0) is 5.54 Å². The third-order valence-electron chi connectivity index (χ3n) is 3.48. The molecule has 1 aromatic heterocycles. The van der Waals surface area contributed by atoms with E-state index < -0.39 is 0 Å². The number of aromatic nitrogens is 1. The van der Waals surface area contributed by atoms with E-state index in [2.05, 4.69) is 53.0 Å². The van der Waals surface area contributed by atoms with Crippen LogP contribution in [0.1, 0.15) is 12.5 Å². The summed E-state index contributed by atoms with van der Waals surface area (Å²) >= 11 is 0. The molecule has 0 bridgehead atoms. The van der Waals surface area contributed by atoms with Crippen LogP contribution in [0.25, 0.3) is 10.9 Å². The number of para-hydroxylation sites is 1. The summed E-state index contributed by atoms with van der Waals surface area (Å²) in [5, 5.41) is 8.38. The maximum absolute atomic E-state index is 3.61. The molecular weight excluding hydrogens is 198 g/mol. The van der Waals surface area contributed by atoms with Crippen molar-refractivity contribution in [2.45, 2.75) is 12.5 Å². The summed E-state index contributed by atoms with van der Waals surface area (Å²) < 4.78 is 0. The molecule has 1 saturated heterocycles. The van der Waals surface area contributed by atoms with Gasteiger partial charge in [0.05, 0.1) is 5.54 Å². The lowest BCUT2D eigenvalue weighted by Gasteiger charge is -2.35. The first-order chi connectivity index (χ1) is 7.80. The molecule has 3 nitrogen and oxygen atoms in total. The topological polar surface area (TPSA) is 39.9 Å². The first-order valence-corrected chi connectivity index (χ1v) is 5.82. The largest absolute Gasteiger partial charge is 0.361 e. The van der Waals surface area contributed by atoms with Crippen molar-refractivity contribution in [3.63, 3.8) is 0 Å². The SMILES string of the molecule is CC1(c2c[nH]c3ccccc23)CNCCN1. The van der Waals surface area contributed by atoms with E-state index in [4.69, 9.17) is 0 Å². The van der Waals surface area contributed by atoms with Crippen LogP contribution in [0.3, 0.4) is 0 Å². The van der Waals surface area contributed by atoms with Crippen molar-refractivity contribution < 1.29 is 0 Å². The molecule has 1 atom stereocenters. The molecule has 2 heterocycles. The minimum atomic E-state index is 0.0395. The Morgan fingerprint density at radius 3 is 2.88 bits per heavy atom. The van der Waals surface area contributed by atoms with E-state index >= 15 is 0 Å². The second kappa shape index (κ2) is 3.61. The molecule has 1 unspecified atom stereocenters. The molecule has 0 spiro atoms. The van der Waals surface area contributed by atoms with Gasteiger partial charge in [-0.25, -0.2) is 0 Å². The van der Waals surface area contributed by atoms with Gasteiger partial charge in [-0.1, -0.05) is 18.2 Å². The van der Waals surface area contributed by atoms with Gasteiger partial charge >= 0.3 is 0 Å². The molecule has 2 aromatic rings. The Hall–Kier alpha value is -1.32. The van der Waals surface area contributed by atoms with Crippen LogP contribution < -0.4 is 10.6 Å². The lowest BCUT2D eigenvalue weighted by Crippen LogP contribution is -2.54. The quantitative estimate of drug-likeness (QED) is 0.676. The predicted molar refractivity (Wildman–Crippen MR) is 66.5 cm³/mol. The molecule has 1 aliphatic heterocycles. The summed E-state index contributed by atoms with van der Waals surface area (Å²) in [7, 11) is 0. The zero-order valence-electron chi connectivity index (χ0n) is 9.51. The molecule has 1 aromatic carbocycles. The minimum absolute atomic E-state index is 0.0395. The molecule has 84 valence electrons. The standard InChI is InChI=1S/C13H17N3/c1-13(9-14-6-7-16-13)11-8-15-12-5-3-2-4-10(11)12/h2-5,8,14-16H,6-7,9H2,1H3. The fourth-order valence-electron chi connectivity index (χ4n) is 2.55. The fraction of sp³-hybridized carbons (Fsp3) is 0.385. The van der Waals surface area contributed by atoms with Crippen LogP contribution in [0.5, 0.6) is 0 Å². The number of fused-ring (bicyclic) bond motifs is 1. The van der Waals surface area contributed by atoms with Gasteiger partial charge in [-0.15, -0.1) is 0 Å². The highest BCUT2D eigenvalue weighted by atomic mass is 15.1. The van der Waals surface area contributed by atoms with Crippen LogP contribution in [0, 0.1) is 0 Å². The van der Waals surface area contributed by atoms with Gasteiger partial charge in [0.2, 0.25) is 0 Å².